The van der Waals surface area contributed by atoms with Crippen molar-refractivity contribution in [1.29, 1.82) is 0 Å². The molecule has 1 aromatic heterocycles. The van der Waals surface area contributed by atoms with Crippen molar-refractivity contribution >= 4 is 49.8 Å². The number of fused-ring (bicyclic) bond motifs is 4. The lowest BCUT2D eigenvalue weighted by atomic mass is 9.89. The number of hydrogen-bond acceptors (Lipinski definition) is 2. The lowest BCUT2D eigenvalue weighted by molar-refractivity contribution is 0.669. The first-order valence-corrected chi connectivity index (χ1v) is 18.4. The molecule has 2 heteroatoms. The summed E-state index contributed by atoms with van der Waals surface area (Å²) >= 11 is 0. The lowest BCUT2D eigenvalue weighted by Gasteiger charge is -2.26. The maximum absolute atomic E-state index is 6.36. The predicted octanol–water partition coefficient (Wildman–Crippen LogP) is 14.9. The zero-order chi connectivity index (χ0) is 35.8. The largest absolute Gasteiger partial charge is 0.456 e. The molecule has 0 unspecified atom stereocenters. The summed E-state index contributed by atoms with van der Waals surface area (Å²) in [6.45, 7) is 0. The van der Waals surface area contributed by atoms with Gasteiger partial charge in [-0.2, -0.15) is 0 Å². The fourth-order valence-corrected chi connectivity index (χ4v) is 7.81. The van der Waals surface area contributed by atoms with Crippen LogP contribution < -0.4 is 4.90 Å². The molecule has 0 aliphatic heterocycles. The molecule has 0 atom stereocenters. The maximum Gasteiger partial charge on any atom is 0.136 e. The number of furan rings is 1. The molecule has 0 amide bonds. The van der Waals surface area contributed by atoms with Gasteiger partial charge in [-0.1, -0.05) is 158 Å². The molecular formula is C52H35NO. The van der Waals surface area contributed by atoms with E-state index in [1.165, 1.54) is 44.2 Å². The number of rotatable bonds is 7. The molecule has 0 spiro atoms. The summed E-state index contributed by atoms with van der Waals surface area (Å²) in [6, 6.07) is 75.9. The third-order valence-corrected chi connectivity index (χ3v) is 10.5. The Morgan fingerprint density at radius 1 is 0.296 bits per heavy atom. The quantitative estimate of drug-likeness (QED) is 0.166. The van der Waals surface area contributed by atoms with Crippen LogP contribution in [0.25, 0.3) is 77.2 Å². The van der Waals surface area contributed by atoms with Crippen LogP contribution in [0.4, 0.5) is 17.1 Å². The van der Waals surface area contributed by atoms with E-state index < -0.39 is 0 Å². The van der Waals surface area contributed by atoms with Crippen LogP contribution in [0.2, 0.25) is 0 Å². The topological polar surface area (TPSA) is 16.4 Å². The lowest BCUT2D eigenvalue weighted by Crippen LogP contribution is -2.09. The van der Waals surface area contributed by atoms with Gasteiger partial charge in [0.05, 0.1) is 0 Å². The molecule has 0 bridgehead atoms. The van der Waals surface area contributed by atoms with Crippen LogP contribution in [0.15, 0.2) is 217 Å². The van der Waals surface area contributed by atoms with Crippen molar-refractivity contribution in [2.24, 2.45) is 0 Å². The highest BCUT2D eigenvalue weighted by molar-refractivity contribution is 6.09. The molecule has 0 saturated carbocycles. The third-order valence-electron chi connectivity index (χ3n) is 10.5. The smallest absolute Gasteiger partial charge is 0.136 e. The molecule has 0 fully saturated rings. The van der Waals surface area contributed by atoms with Crippen molar-refractivity contribution in [1.82, 2.24) is 0 Å². The number of benzene rings is 9. The summed E-state index contributed by atoms with van der Waals surface area (Å²) < 4.78 is 6.36. The Morgan fingerprint density at radius 2 is 0.759 bits per heavy atom. The molecule has 0 radical (unpaired) electrons. The number of anilines is 3. The Kier molecular flexibility index (Phi) is 7.85. The fraction of sp³-hybridized carbons (Fsp3) is 0. The summed E-state index contributed by atoms with van der Waals surface area (Å²) in [4.78, 5) is 2.34. The van der Waals surface area contributed by atoms with Gasteiger partial charge >= 0.3 is 0 Å². The Labute approximate surface area is 314 Å². The molecule has 0 aliphatic carbocycles. The zero-order valence-electron chi connectivity index (χ0n) is 29.6. The number of hydrogen-bond donors (Lipinski definition) is 0. The molecule has 0 saturated heterocycles. The molecular weight excluding hydrogens is 655 g/mol. The molecule has 254 valence electrons. The van der Waals surface area contributed by atoms with Crippen LogP contribution >= 0.6 is 0 Å². The summed E-state index contributed by atoms with van der Waals surface area (Å²) in [5.74, 6) is 0. The van der Waals surface area contributed by atoms with Gasteiger partial charge in [-0.15, -0.1) is 0 Å². The molecule has 0 N–H and O–H groups in total. The zero-order valence-corrected chi connectivity index (χ0v) is 29.6. The first-order valence-electron chi connectivity index (χ1n) is 18.4. The highest BCUT2D eigenvalue weighted by Gasteiger charge is 2.17. The molecule has 10 rings (SSSR count). The highest BCUT2D eigenvalue weighted by Crippen LogP contribution is 2.42. The van der Waals surface area contributed by atoms with E-state index in [4.69, 9.17) is 4.42 Å². The van der Waals surface area contributed by atoms with Gasteiger partial charge in [-0.3, -0.25) is 0 Å². The van der Waals surface area contributed by atoms with Crippen molar-refractivity contribution in [3.8, 4) is 44.5 Å². The minimum Gasteiger partial charge on any atom is -0.456 e. The molecule has 9 aromatic carbocycles. The minimum absolute atomic E-state index is 0.898. The second kappa shape index (κ2) is 13.4. The monoisotopic (exact) mass is 689 g/mol. The van der Waals surface area contributed by atoms with Crippen molar-refractivity contribution in [3.05, 3.63) is 212 Å². The van der Waals surface area contributed by atoms with Crippen molar-refractivity contribution < 1.29 is 4.42 Å². The van der Waals surface area contributed by atoms with Crippen molar-refractivity contribution in [2.75, 3.05) is 4.90 Å². The standard InChI is InChI=1S/C52H35NO/c1-3-11-36(12-4-1)38-19-27-43(28-20-38)53(44-29-21-39(22-30-44)37-13-5-2-6-14-37)45-31-23-41(24-32-45)47-33-25-40-15-7-8-16-46(40)52(47)42-26-34-49-48-17-9-10-18-50(48)54-51(49)35-42/h1-35H. The van der Waals surface area contributed by atoms with Gasteiger partial charge in [-0.25, -0.2) is 0 Å². The third kappa shape index (κ3) is 5.71. The first kappa shape index (κ1) is 31.6. The van der Waals surface area contributed by atoms with E-state index in [2.05, 4.69) is 205 Å². The Bertz CT molecular complexity index is 2810. The maximum atomic E-state index is 6.36. The normalized spacial score (nSPS) is 11.3. The minimum atomic E-state index is 0.898. The fourth-order valence-electron chi connectivity index (χ4n) is 7.81. The average Bonchev–Trinajstić information content (AvgIpc) is 3.63. The Balaban J connectivity index is 1.07. The van der Waals surface area contributed by atoms with E-state index in [0.717, 1.165) is 50.1 Å². The predicted molar refractivity (Wildman–Crippen MR) is 228 cm³/mol. The SMILES string of the molecule is c1ccc(-c2ccc(N(c3ccc(-c4ccccc4)cc3)c3ccc(-c4ccc5ccccc5c4-c4ccc5c(c4)oc4ccccc45)cc3)cc2)cc1. The number of para-hydroxylation sites is 1. The summed E-state index contributed by atoms with van der Waals surface area (Å²) in [5.41, 5.74) is 14.6. The van der Waals surface area contributed by atoms with Crippen LogP contribution in [0, 0.1) is 0 Å². The average molecular weight is 690 g/mol. The van der Waals surface area contributed by atoms with Gasteiger partial charge in [0.25, 0.3) is 0 Å². The van der Waals surface area contributed by atoms with Crippen molar-refractivity contribution in [2.45, 2.75) is 0 Å². The van der Waals surface area contributed by atoms with Crippen LogP contribution in [0.1, 0.15) is 0 Å². The van der Waals surface area contributed by atoms with Crippen LogP contribution in [-0.4, -0.2) is 0 Å². The van der Waals surface area contributed by atoms with Gasteiger partial charge in [0.2, 0.25) is 0 Å². The van der Waals surface area contributed by atoms with Crippen molar-refractivity contribution in [3.63, 3.8) is 0 Å². The molecule has 0 aliphatic rings. The molecule has 54 heavy (non-hydrogen) atoms. The second-order valence-corrected chi connectivity index (χ2v) is 13.7. The van der Waals surface area contributed by atoms with E-state index in [1.54, 1.807) is 0 Å². The van der Waals surface area contributed by atoms with E-state index in [1.807, 2.05) is 12.1 Å². The summed E-state index contributed by atoms with van der Waals surface area (Å²) in [6.07, 6.45) is 0. The summed E-state index contributed by atoms with van der Waals surface area (Å²) in [7, 11) is 0. The van der Waals surface area contributed by atoms with E-state index in [0.29, 0.717) is 0 Å². The van der Waals surface area contributed by atoms with Gasteiger partial charge < -0.3 is 9.32 Å². The van der Waals surface area contributed by atoms with Gasteiger partial charge in [0.15, 0.2) is 0 Å². The van der Waals surface area contributed by atoms with E-state index in [-0.39, 0.29) is 0 Å². The van der Waals surface area contributed by atoms with Crippen LogP contribution in [0.5, 0.6) is 0 Å². The van der Waals surface area contributed by atoms with E-state index in [9.17, 15) is 0 Å². The van der Waals surface area contributed by atoms with Gasteiger partial charge in [-0.05, 0) is 110 Å². The van der Waals surface area contributed by atoms with Gasteiger partial charge in [0.1, 0.15) is 11.2 Å². The molecule has 1 heterocycles. The van der Waals surface area contributed by atoms with Crippen LogP contribution in [-0.2, 0) is 0 Å². The van der Waals surface area contributed by atoms with Crippen LogP contribution in [0.3, 0.4) is 0 Å². The Morgan fingerprint density at radius 3 is 1.37 bits per heavy atom. The highest BCUT2D eigenvalue weighted by atomic mass is 16.3. The first-order chi connectivity index (χ1) is 26.8. The number of nitrogens with zero attached hydrogens (tertiary/aromatic N) is 1. The van der Waals surface area contributed by atoms with Gasteiger partial charge in [0, 0.05) is 27.8 Å². The summed E-state index contributed by atoms with van der Waals surface area (Å²) in [5, 5.41) is 4.70. The molecule has 10 aromatic rings. The second-order valence-electron chi connectivity index (χ2n) is 13.7. The Hall–Kier alpha value is -7.16. The molecule has 2 nitrogen and oxygen atoms in total. The van der Waals surface area contributed by atoms with E-state index >= 15 is 0 Å².